The smallest absolute Gasteiger partial charge is 0.409 e. The third kappa shape index (κ3) is 2.85. The second kappa shape index (κ2) is 5.14. The fourth-order valence-electron chi connectivity index (χ4n) is 2.41. The van der Waals surface area contributed by atoms with E-state index in [9.17, 15) is 15.0 Å². The first-order chi connectivity index (χ1) is 8.92. The number of hydrogen-bond acceptors (Lipinski definition) is 4. The first kappa shape index (κ1) is 13.8. The number of aliphatic hydroxyl groups is 1. The van der Waals surface area contributed by atoms with Gasteiger partial charge in [0.05, 0.1) is 18.8 Å². The second-order valence-corrected chi connectivity index (χ2v) is 5.10. The Morgan fingerprint density at radius 2 is 2.42 bits per heavy atom. The van der Waals surface area contributed by atoms with Crippen molar-refractivity contribution < 1.29 is 19.7 Å². The number of carbonyl (C=O) groups is 1. The van der Waals surface area contributed by atoms with Crippen LogP contribution in [0.25, 0.3) is 0 Å². The monoisotopic (exact) mass is 266 g/mol. The van der Waals surface area contributed by atoms with Crippen molar-refractivity contribution in [2.75, 3.05) is 6.61 Å². The summed E-state index contributed by atoms with van der Waals surface area (Å²) in [6.45, 7) is 3.70. The van der Waals surface area contributed by atoms with Crippen molar-refractivity contribution in [1.82, 2.24) is 9.88 Å². The highest BCUT2D eigenvalue weighted by Gasteiger charge is 2.44. The lowest BCUT2D eigenvalue weighted by Crippen LogP contribution is -2.47. The SMILES string of the molecule is CC1(C)OC[C@@H](C[C@H](O)c2cccnc2)N1C(=O)O. The van der Waals surface area contributed by atoms with Gasteiger partial charge in [-0.2, -0.15) is 0 Å². The van der Waals surface area contributed by atoms with Crippen LogP contribution in [0.4, 0.5) is 4.79 Å². The van der Waals surface area contributed by atoms with E-state index in [1.54, 1.807) is 38.4 Å². The van der Waals surface area contributed by atoms with Crippen LogP contribution in [-0.2, 0) is 4.74 Å². The summed E-state index contributed by atoms with van der Waals surface area (Å²) in [5.41, 5.74) is -0.178. The molecule has 0 spiro atoms. The van der Waals surface area contributed by atoms with E-state index < -0.39 is 17.9 Å². The van der Waals surface area contributed by atoms with Crippen molar-refractivity contribution in [3.05, 3.63) is 30.1 Å². The van der Waals surface area contributed by atoms with Crippen molar-refractivity contribution in [2.24, 2.45) is 0 Å². The number of hydrogen-bond donors (Lipinski definition) is 2. The van der Waals surface area contributed by atoms with Gasteiger partial charge in [0, 0.05) is 18.8 Å². The van der Waals surface area contributed by atoms with Crippen molar-refractivity contribution in [3.8, 4) is 0 Å². The van der Waals surface area contributed by atoms with Gasteiger partial charge in [0.1, 0.15) is 5.72 Å². The van der Waals surface area contributed by atoms with Crippen LogP contribution in [0.5, 0.6) is 0 Å². The number of aliphatic hydroxyl groups excluding tert-OH is 1. The summed E-state index contributed by atoms with van der Waals surface area (Å²) in [7, 11) is 0. The Morgan fingerprint density at radius 1 is 1.68 bits per heavy atom. The highest BCUT2D eigenvalue weighted by molar-refractivity contribution is 5.66. The minimum atomic E-state index is -1.04. The van der Waals surface area contributed by atoms with Crippen LogP contribution in [0.2, 0.25) is 0 Å². The van der Waals surface area contributed by atoms with E-state index in [1.807, 2.05) is 0 Å². The normalized spacial score (nSPS) is 23.3. The summed E-state index contributed by atoms with van der Waals surface area (Å²) < 4.78 is 5.48. The van der Waals surface area contributed by atoms with Gasteiger partial charge in [0.2, 0.25) is 0 Å². The molecule has 2 N–H and O–H groups in total. The van der Waals surface area contributed by atoms with Crippen LogP contribution in [0.1, 0.15) is 31.9 Å². The molecule has 1 aliphatic heterocycles. The molecule has 1 aliphatic rings. The molecule has 104 valence electrons. The Hall–Kier alpha value is -1.66. The molecule has 2 heterocycles. The molecular formula is C13H18N2O4. The lowest BCUT2D eigenvalue weighted by Gasteiger charge is -2.31. The van der Waals surface area contributed by atoms with Gasteiger partial charge in [0.15, 0.2) is 0 Å². The number of pyridine rings is 1. The Morgan fingerprint density at radius 3 is 3.00 bits per heavy atom. The van der Waals surface area contributed by atoms with E-state index in [0.29, 0.717) is 12.0 Å². The zero-order chi connectivity index (χ0) is 14.0. The van der Waals surface area contributed by atoms with Gasteiger partial charge in [-0.25, -0.2) is 4.79 Å². The molecule has 1 saturated heterocycles. The zero-order valence-electron chi connectivity index (χ0n) is 11.0. The predicted octanol–water partition coefficient (Wildman–Crippen LogP) is 1.62. The fraction of sp³-hybridized carbons (Fsp3) is 0.538. The molecule has 0 aliphatic carbocycles. The summed E-state index contributed by atoms with van der Waals surface area (Å²) in [6.07, 6.45) is 1.71. The van der Waals surface area contributed by atoms with E-state index in [-0.39, 0.29) is 12.6 Å². The lowest BCUT2D eigenvalue weighted by molar-refractivity contribution is -0.0430. The number of nitrogens with zero attached hydrogens (tertiary/aromatic N) is 2. The van der Waals surface area contributed by atoms with Crippen molar-refractivity contribution in [2.45, 2.75) is 38.1 Å². The van der Waals surface area contributed by atoms with Crippen LogP contribution in [0, 0.1) is 0 Å². The minimum absolute atomic E-state index is 0.288. The average Bonchev–Trinajstić information content (AvgIpc) is 2.65. The van der Waals surface area contributed by atoms with Crippen LogP contribution in [0.3, 0.4) is 0 Å². The maximum Gasteiger partial charge on any atom is 0.409 e. The van der Waals surface area contributed by atoms with Crippen LogP contribution < -0.4 is 0 Å². The molecule has 0 radical (unpaired) electrons. The van der Waals surface area contributed by atoms with Crippen molar-refractivity contribution >= 4 is 6.09 Å². The molecule has 1 aromatic rings. The first-order valence-electron chi connectivity index (χ1n) is 6.16. The quantitative estimate of drug-likeness (QED) is 0.868. The summed E-state index contributed by atoms with van der Waals surface area (Å²) in [6, 6.07) is 3.15. The molecule has 0 bridgehead atoms. The maximum absolute atomic E-state index is 11.3. The van der Waals surface area contributed by atoms with E-state index in [2.05, 4.69) is 4.98 Å². The molecule has 2 atom stereocenters. The van der Waals surface area contributed by atoms with Crippen LogP contribution in [0.15, 0.2) is 24.5 Å². The van der Waals surface area contributed by atoms with Crippen molar-refractivity contribution in [3.63, 3.8) is 0 Å². The van der Waals surface area contributed by atoms with E-state index in [1.165, 1.54) is 4.90 Å². The molecule has 6 nitrogen and oxygen atoms in total. The highest BCUT2D eigenvalue weighted by Crippen LogP contribution is 2.32. The summed E-state index contributed by atoms with van der Waals surface area (Å²) in [5.74, 6) is 0. The summed E-state index contributed by atoms with van der Waals surface area (Å²) >= 11 is 0. The molecule has 0 unspecified atom stereocenters. The number of aromatic nitrogens is 1. The second-order valence-electron chi connectivity index (χ2n) is 5.10. The number of ether oxygens (including phenoxy) is 1. The highest BCUT2D eigenvalue weighted by atomic mass is 16.5. The standard InChI is InChI=1S/C13H18N2O4/c1-13(2)15(12(17)18)10(8-19-13)6-11(16)9-4-3-5-14-7-9/h3-5,7,10-11,16H,6,8H2,1-2H3,(H,17,18)/t10-,11+/m1/s1. The van der Waals surface area contributed by atoms with Gasteiger partial charge in [-0.15, -0.1) is 0 Å². The summed E-state index contributed by atoms with van der Waals surface area (Å²) in [4.78, 5) is 16.5. The first-order valence-corrected chi connectivity index (χ1v) is 6.16. The lowest BCUT2D eigenvalue weighted by atomic mass is 10.0. The van der Waals surface area contributed by atoms with Gasteiger partial charge in [0.25, 0.3) is 0 Å². The number of amides is 1. The predicted molar refractivity (Wildman–Crippen MR) is 67.5 cm³/mol. The number of carboxylic acid groups (broad SMARTS) is 1. The van der Waals surface area contributed by atoms with Crippen LogP contribution in [-0.4, -0.2) is 44.6 Å². The Kier molecular flexibility index (Phi) is 3.73. The molecule has 6 heteroatoms. The molecule has 2 rings (SSSR count). The summed E-state index contributed by atoms with van der Waals surface area (Å²) in [5, 5.41) is 19.4. The topological polar surface area (TPSA) is 82.9 Å². The zero-order valence-corrected chi connectivity index (χ0v) is 11.0. The van der Waals surface area contributed by atoms with E-state index >= 15 is 0 Å². The Labute approximate surface area is 111 Å². The van der Waals surface area contributed by atoms with E-state index in [0.717, 1.165) is 0 Å². The van der Waals surface area contributed by atoms with E-state index in [4.69, 9.17) is 4.74 Å². The van der Waals surface area contributed by atoms with Gasteiger partial charge in [-0.3, -0.25) is 9.88 Å². The fourth-order valence-corrected chi connectivity index (χ4v) is 2.41. The minimum Gasteiger partial charge on any atom is -0.465 e. The van der Waals surface area contributed by atoms with Crippen molar-refractivity contribution in [1.29, 1.82) is 0 Å². The van der Waals surface area contributed by atoms with Crippen LogP contribution >= 0.6 is 0 Å². The van der Waals surface area contributed by atoms with Gasteiger partial charge < -0.3 is 14.9 Å². The van der Waals surface area contributed by atoms with Gasteiger partial charge in [-0.05, 0) is 25.5 Å². The molecule has 19 heavy (non-hydrogen) atoms. The molecule has 1 amide bonds. The molecule has 0 saturated carbocycles. The molecular weight excluding hydrogens is 248 g/mol. The van der Waals surface area contributed by atoms with Gasteiger partial charge >= 0.3 is 6.09 Å². The molecule has 1 fully saturated rings. The Balaban J connectivity index is 2.09. The Bertz CT molecular complexity index is 449. The average molecular weight is 266 g/mol. The number of rotatable bonds is 3. The molecule has 1 aromatic heterocycles. The third-order valence-corrected chi connectivity index (χ3v) is 3.34. The largest absolute Gasteiger partial charge is 0.465 e. The molecule has 0 aromatic carbocycles. The maximum atomic E-state index is 11.3. The van der Waals surface area contributed by atoms with Gasteiger partial charge in [-0.1, -0.05) is 6.07 Å². The third-order valence-electron chi connectivity index (χ3n) is 3.34.